The Kier molecular flexibility index (Phi) is 5.73. The molecule has 1 unspecified atom stereocenters. The zero-order valence-electron chi connectivity index (χ0n) is 28.2. The molecule has 1 atom stereocenters. The normalized spacial score (nSPS) is 15.7. The number of hydrogen-bond acceptors (Lipinski definition) is 1. The van der Waals surface area contributed by atoms with Crippen molar-refractivity contribution in [3.05, 3.63) is 204 Å². The number of rotatable bonds is 2. The molecule has 9 aromatic rings. The average Bonchev–Trinajstić information content (AvgIpc) is 3.66. The van der Waals surface area contributed by atoms with Crippen molar-refractivity contribution in [3.8, 4) is 55.6 Å². The summed E-state index contributed by atoms with van der Waals surface area (Å²) in [6, 6.07) is 68.6. The molecule has 240 valence electrons. The first kappa shape index (κ1) is 28.5. The van der Waals surface area contributed by atoms with E-state index in [4.69, 9.17) is 0 Å². The second kappa shape index (κ2) is 10.4. The first-order valence-corrected chi connectivity index (χ1v) is 18.9. The molecular formula is C51H30S. The Morgan fingerprint density at radius 3 is 1.60 bits per heavy atom. The van der Waals surface area contributed by atoms with E-state index in [1.807, 2.05) is 11.8 Å². The Morgan fingerprint density at radius 1 is 0.288 bits per heavy atom. The number of fused-ring (bicyclic) bond motifs is 13. The van der Waals surface area contributed by atoms with Crippen LogP contribution in [-0.4, -0.2) is 0 Å². The Hall–Kier alpha value is -6.15. The van der Waals surface area contributed by atoms with Crippen molar-refractivity contribution in [1.82, 2.24) is 0 Å². The molecule has 0 aromatic heterocycles. The second-order valence-corrected chi connectivity index (χ2v) is 15.4. The molecule has 0 bridgehead atoms. The number of benzene rings is 9. The van der Waals surface area contributed by atoms with Crippen LogP contribution in [0.15, 0.2) is 192 Å². The highest BCUT2D eigenvalue weighted by Gasteiger charge is 2.51. The van der Waals surface area contributed by atoms with E-state index in [1.165, 1.54) is 109 Å². The van der Waals surface area contributed by atoms with Crippen molar-refractivity contribution in [2.45, 2.75) is 15.2 Å². The first-order valence-electron chi connectivity index (χ1n) is 18.1. The van der Waals surface area contributed by atoms with E-state index < -0.39 is 5.41 Å². The van der Waals surface area contributed by atoms with E-state index in [2.05, 4.69) is 182 Å². The predicted molar refractivity (Wildman–Crippen MR) is 218 cm³/mol. The third-order valence-corrected chi connectivity index (χ3v) is 13.0. The van der Waals surface area contributed by atoms with Gasteiger partial charge in [0, 0.05) is 15.2 Å². The van der Waals surface area contributed by atoms with Gasteiger partial charge in [-0.25, -0.2) is 0 Å². The Labute approximate surface area is 307 Å². The summed E-state index contributed by atoms with van der Waals surface area (Å²) in [6.45, 7) is 0. The third kappa shape index (κ3) is 3.68. The van der Waals surface area contributed by atoms with Gasteiger partial charge in [-0.2, -0.15) is 0 Å². The number of hydrogen-bond donors (Lipinski definition) is 0. The van der Waals surface area contributed by atoms with E-state index in [1.54, 1.807) is 0 Å². The van der Waals surface area contributed by atoms with Gasteiger partial charge in [0.2, 0.25) is 0 Å². The van der Waals surface area contributed by atoms with Crippen molar-refractivity contribution < 1.29 is 0 Å². The summed E-state index contributed by atoms with van der Waals surface area (Å²) >= 11 is 1.89. The molecule has 52 heavy (non-hydrogen) atoms. The minimum atomic E-state index is -0.401. The molecule has 2 aliphatic carbocycles. The van der Waals surface area contributed by atoms with E-state index in [0.29, 0.717) is 0 Å². The summed E-state index contributed by atoms with van der Waals surface area (Å²) in [4.78, 5) is 2.65. The fourth-order valence-electron chi connectivity index (χ4n) is 9.71. The van der Waals surface area contributed by atoms with Crippen LogP contribution in [0.1, 0.15) is 22.3 Å². The van der Waals surface area contributed by atoms with Crippen LogP contribution in [0.4, 0.5) is 0 Å². The van der Waals surface area contributed by atoms with Crippen LogP contribution in [0.2, 0.25) is 0 Å². The lowest BCUT2D eigenvalue weighted by Crippen LogP contribution is -2.25. The molecule has 0 amide bonds. The fourth-order valence-corrected chi connectivity index (χ4v) is 10.8. The third-order valence-electron chi connectivity index (χ3n) is 11.9. The van der Waals surface area contributed by atoms with Gasteiger partial charge in [-0.05, 0) is 130 Å². The maximum atomic E-state index is 2.51. The van der Waals surface area contributed by atoms with Gasteiger partial charge < -0.3 is 0 Å². The lowest BCUT2D eigenvalue weighted by atomic mass is 9.70. The lowest BCUT2D eigenvalue weighted by molar-refractivity contribution is 0.795. The fraction of sp³-hybridized carbons (Fsp3) is 0.0196. The maximum absolute atomic E-state index is 2.51. The minimum absolute atomic E-state index is 0.401. The van der Waals surface area contributed by atoms with Gasteiger partial charge >= 0.3 is 0 Å². The van der Waals surface area contributed by atoms with Crippen LogP contribution in [-0.2, 0) is 5.41 Å². The van der Waals surface area contributed by atoms with Gasteiger partial charge in [-0.3, -0.25) is 0 Å². The molecule has 9 aromatic carbocycles. The van der Waals surface area contributed by atoms with Crippen molar-refractivity contribution in [2.75, 3.05) is 0 Å². The zero-order valence-corrected chi connectivity index (χ0v) is 29.0. The lowest BCUT2D eigenvalue weighted by Gasteiger charge is -2.31. The quantitative estimate of drug-likeness (QED) is 0.176. The summed E-state index contributed by atoms with van der Waals surface area (Å²) in [6.07, 6.45) is 0. The van der Waals surface area contributed by atoms with Gasteiger partial charge in [-0.1, -0.05) is 157 Å². The molecule has 1 aliphatic heterocycles. The summed E-state index contributed by atoms with van der Waals surface area (Å²) in [5.74, 6) is 0. The summed E-state index contributed by atoms with van der Waals surface area (Å²) in [7, 11) is 0. The summed E-state index contributed by atoms with van der Waals surface area (Å²) in [5.41, 5.74) is 18.1. The van der Waals surface area contributed by atoms with Gasteiger partial charge in [-0.15, -0.1) is 0 Å². The van der Waals surface area contributed by atoms with Crippen molar-refractivity contribution in [1.29, 1.82) is 0 Å². The maximum Gasteiger partial charge on any atom is 0.0725 e. The predicted octanol–water partition coefficient (Wildman–Crippen LogP) is 13.8. The van der Waals surface area contributed by atoms with Gasteiger partial charge in [0.1, 0.15) is 0 Å². The van der Waals surface area contributed by atoms with Crippen LogP contribution in [0.5, 0.6) is 0 Å². The van der Waals surface area contributed by atoms with Crippen LogP contribution in [0, 0.1) is 0 Å². The molecule has 0 N–H and O–H groups in total. The van der Waals surface area contributed by atoms with Crippen LogP contribution >= 0.6 is 11.8 Å². The highest BCUT2D eigenvalue weighted by atomic mass is 32.2. The molecular weight excluding hydrogens is 645 g/mol. The van der Waals surface area contributed by atoms with Gasteiger partial charge in [0.25, 0.3) is 0 Å². The van der Waals surface area contributed by atoms with Crippen LogP contribution < -0.4 is 0 Å². The summed E-state index contributed by atoms with van der Waals surface area (Å²) in [5, 5.41) is 5.23. The molecule has 0 saturated carbocycles. The van der Waals surface area contributed by atoms with E-state index in [0.717, 1.165) is 0 Å². The Morgan fingerprint density at radius 2 is 0.827 bits per heavy atom. The largest absolute Gasteiger partial charge is 0.0888 e. The molecule has 0 radical (unpaired) electrons. The standard InChI is InChI=1S/C51H30S/c1-2-12-33-29-47-42(27-32(33)11-1)39-18-6-8-21-45(39)51(47)44-20-7-5-17-38(44)40-25-23-35(30-46(40)51)37-16-4-3-15-36(37)34-24-26-48-43(28-34)41-19-9-13-31-14-10-22-49(52-48)50(31)41/h1-30H. The molecule has 1 heteroatoms. The van der Waals surface area contributed by atoms with Crippen LogP contribution in [0.3, 0.4) is 0 Å². The van der Waals surface area contributed by atoms with Gasteiger partial charge in [0.05, 0.1) is 5.41 Å². The molecule has 3 aliphatic rings. The highest BCUT2D eigenvalue weighted by Crippen LogP contribution is 2.63. The van der Waals surface area contributed by atoms with Crippen molar-refractivity contribution in [3.63, 3.8) is 0 Å². The second-order valence-electron chi connectivity index (χ2n) is 14.4. The SMILES string of the molecule is c1ccc(-c2ccc3c(c2)C2(c4ccccc4-3)c3ccccc3-c3cc4ccccc4cc32)c(-c2ccc3c(c2)-c2cccc4cccc(c24)S3)c1. The van der Waals surface area contributed by atoms with E-state index >= 15 is 0 Å². The molecule has 0 nitrogen and oxygen atoms in total. The smallest absolute Gasteiger partial charge is 0.0725 e. The highest BCUT2D eigenvalue weighted by molar-refractivity contribution is 7.99. The van der Waals surface area contributed by atoms with E-state index in [-0.39, 0.29) is 0 Å². The average molecular weight is 675 g/mol. The molecule has 0 fully saturated rings. The van der Waals surface area contributed by atoms with Crippen molar-refractivity contribution >= 4 is 33.3 Å². The topological polar surface area (TPSA) is 0 Å². The summed E-state index contributed by atoms with van der Waals surface area (Å²) < 4.78 is 0. The Bertz CT molecular complexity index is 3000. The Balaban J connectivity index is 1.09. The van der Waals surface area contributed by atoms with Gasteiger partial charge in [0.15, 0.2) is 0 Å². The molecule has 1 spiro atoms. The molecule has 1 heterocycles. The van der Waals surface area contributed by atoms with Crippen LogP contribution in [0.25, 0.3) is 77.2 Å². The zero-order chi connectivity index (χ0) is 34.0. The minimum Gasteiger partial charge on any atom is -0.0888 e. The monoisotopic (exact) mass is 674 g/mol. The first-order chi connectivity index (χ1) is 25.8. The molecule has 12 rings (SSSR count). The molecule has 0 saturated heterocycles. The van der Waals surface area contributed by atoms with E-state index in [9.17, 15) is 0 Å². The van der Waals surface area contributed by atoms with Crippen molar-refractivity contribution in [2.24, 2.45) is 0 Å².